The number of hydrogen-bond donors (Lipinski definition) is 1. The number of aromatic nitrogens is 1. The number of rotatable bonds is 7. The van der Waals surface area contributed by atoms with E-state index in [0.717, 1.165) is 30.4 Å². The molecule has 1 unspecified atom stereocenters. The van der Waals surface area contributed by atoms with Crippen LogP contribution in [0.1, 0.15) is 36.4 Å². The fourth-order valence-corrected chi connectivity index (χ4v) is 4.76. The molecule has 1 atom stereocenters. The summed E-state index contributed by atoms with van der Waals surface area (Å²) in [7, 11) is 3.27. The Kier molecular flexibility index (Phi) is 6.63. The number of aliphatic hydroxyl groups is 1. The lowest BCUT2D eigenvalue weighted by Gasteiger charge is -2.37. The SMILES string of the molecule is COCC(=O)N1CCC(O)(c2csc(CN3CCCC3COC)n2)CC1. The molecular weight excluding hydrogens is 354 g/mol. The Labute approximate surface area is 158 Å². The van der Waals surface area contributed by atoms with E-state index in [1.165, 1.54) is 20.0 Å². The van der Waals surface area contributed by atoms with Gasteiger partial charge in [0, 0.05) is 38.7 Å². The average Bonchev–Trinajstić information content (AvgIpc) is 3.27. The van der Waals surface area contributed by atoms with Gasteiger partial charge in [-0.25, -0.2) is 4.98 Å². The van der Waals surface area contributed by atoms with Gasteiger partial charge in [0.15, 0.2) is 0 Å². The molecule has 0 radical (unpaired) electrons. The zero-order valence-electron chi connectivity index (χ0n) is 15.6. The predicted molar refractivity (Wildman–Crippen MR) is 99.0 cm³/mol. The summed E-state index contributed by atoms with van der Waals surface area (Å²) in [6, 6.07) is 0.463. The van der Waals surface area contributed by atoms with E-state index in [4.69, 9.17) is 14.5 Å². The van der Waals surface area contributed by atoms with Gasteiger partial charge in [0.1, 0.15) is 17.2 Å². The highest BCUT2D eigenvalue weighted by Gasteiger charge is 2.37. The molecule has 2 saturated heterocycles. The third-order valence-electron chi connectivity index (χ3n) is 5.44. The van der Waals surface area contributed by atoms with Crippen LogP contribution < -0.4 is 0 Å². The van der Waals surface area contributed by atoms with Crippen molar-refractivity contribution in [3.63, 3.8) is 0 Å². The second-order valence-corrected chi connectivity index (χ2v) is 8.14. The monoisotopic (exact) mass is 383 g/mol. The Morgan fingerprint density at radius 1 is 1.35 bits per heavy atom. The Balaban J connectivity index is 1.58. The molecule has 26 heavy (non-hydrogen) atoms. The van der Waals surface area contributed by atoms with Gasteiger partial charge in [0.25, 0.3) is 0 Å². The van der Waals surface area contributed by atoms with Crippen LogP contribution >= 0.6 is 11.3 Å². The molecule has 2 aliphatic heterocycles. The molecule has 1 amide bonds. The van der Waals surface area contributed by atoms with Crippen LogP contribution in [0.2, 0.25) is 0 Å². The molecule has 3 rings (SSSR count). The van der Waals surface area contributed by atoms with Crippen molar-refractivity contribution in [3.05, 3.63) is 16.1 Å². The predicted octanol–water partition coefficient (Wildman–Crippen LogP) is 1.21. The van der Waals surface area contributed by atoms with Gasteiger partial charge in [-0.1, -0.05) is 0 Å². The average molecular weight is 384 g/mol. The van der Waals surface area contributed by atoms with Gasteiger partial charge in [0.2, 0.25) is 5.91 Å². The number of carbonyl (C=O) groups is 1. The van der Waals surface area contributed by atoms with E-state index in [9.17, 15) is 9.90 Å². The molecule has 1 aromatic rings. The molecule has 0 aromatic carbocycles. The van der Waals surface area contributed by atoms with Crippen LogP contribution in [0.5, 0.6) is 0 Å². The maximum atomic E-state index is 11.9. The van der Waals surface area contributed by atoms with Crippen molar-refractivity contribution in [1.82, 2.24) is 14.8 Å². The Hall–Kier alpha value is -1.06. The highest BCUT2D eigenvalue weighted by atomic mass is 32.1. The van der Waals surface area contributed by atoms with Crippen LogP contribution in [0.3, 0.4) is 0 Å². The number of carbonyl (C=O) groups excluding carboxylic acids is 1. The molecule has 2 fully saturated rings. The van der Waals surface area contributed by atoms with E-state index in [1.54, 1.807) is 23.3 Å². The molecule has 146 valence electrons. The summed E-state index contributed by atoms with van der Waals surface area (Å²) in [5.41, 5.74) is -0.186. The minimum Gasteiger partial charge on any atom is -0.383 e. The molecule has 0 spiro atoms. The summed E-state index contributed by atoms with van der Waals surface area (Å²) >= 11 is 1.61. The quantitative estimate of drug-likeness (QED) is 0.763. The van der Waals surface area contributed by atoms with Crippen molar-refractivity contribution < 1.29 is 19.4 Å². The second-order valence-electron chi connectivity index (χ2n) is 7.19. The van der Waals surface area contributed by atoms with Crippen LogP contribution in [0.15, 0.2) is 5.38 Å². The summed E-state index contributed by atoms with van der Waals surface area (Å²) in [4.78, 5) is 20.8. The molecule has 1 N–H and O–H groups in total. The van der Waals surface area contributed by atoms with Gasteiger partial charge in [-0.05, 0) is 32.2 Å². The van der Waals surface area contributed by atoms with Crippen molar-refractivity contribution in [3.8, 4) is 0 Å². The van der Waals surface area contributed by atoms with E-state index < -0.39 is 5.60 Å². The minimum absolute atomic E-state index is 0.0215. The van der Waals surface area contributed by atoms with Gasteiger partial charge in [-0.2, -0.15) is 0 Å². The summed E-state index contributed by atoms with van der Waals surface area (Å²) in [6.07, 6.45) is 3.40. The molecule has 2 aliphatic rings. The van der Waals surface area contributed by atoms with E-state index >= 15 is 0 Å². The highest BCUT2D eigenvalue weighted by Crippen LogP contribution is 2.34. The normalized spacial score (nSPS) is 23.5. The van der Waals surface area contributed by atoms with Crippen molar-refractivity contribution in [1.29, 1.82) is 0 Å². The first-order valence-electron chi connectivity index (χ1n) is 9.22. The number of piperidine rings is 1. The molecule has 0 bridgehead atoms. The number of hydrogen-bond acceptors (Lipinski definition) is 7. The summed E-state index contributed by atoms with van der Waals surface area (Å²) in [5.74, 6) is -0.0215. The maximum Gasteiger partial charge on any atom is 0.248 e. The van der Waals surface area contributed by atoms with Crippen LogP contribution in [0.4, 0.5) is 0 Å². The molecule has 8 heteroatoms. The smallest absolute Gasteiger partial charge is 0.248 e. The minimum atomic E-state index is -0.935. The fraction of sp³-hybridized carbons (Fsp3) is 0.778. The first-order chi connectivity index (χ1) is 12.6. The topological polar surface area (TPSA) is 75.1 Å². The lowest BCUT2D eigenvalue weighted by atomic mass is 9.89. The second kappa shape index (κ2) is 8.75. The molecular formula is C18H29N3O4S. The number of methoxy groups -OCH3 is 2. The van der Waals surface area contributed by atoms with Gasteiger partial charge < -0.3 is 19.5 Å². The van der Waals surface area contributed by atoms with Gasteiger partial charge in [0.05, 0.1) is 18.8 Å². The maximum absolute atomic E-state index is 11.9. The number of ether oxygens (including phenoxy) is 2. The number of likely N-dealkylation sites (tertiary alicyclic amines) is 2. The van der Waals surface area contributed by atoms with E-state index in [-0.39, 0.29) is 12.5 Å². The molecule has 0 aliphatic carbocycles. The van der Waals surface area contributed by atoms with E-state index in [0.29, 0.717) is 32.0 Å². The summed E-state index contributed by atoms with van der Waals surface area (Å²) in [6.45, 7) is 3.81. The molecule has 1 aromatic heterocycles. The highest BCUT2D eigenvalue weighted by molar-refractivity contribution is 7.09. The van der Waals surface area contributed by atoms with Gasteiger partial charge in [-0.15, -0.1) is 11.3 Å². The van der Waals surface area contributed by atoms with E-state index in [1.807, 2.05) is 5.38 Å². The third kappa shape index (κ3) is 4.43. The van der Waals surface area contributed by atoms with Gasteiger partial charge in [-0.3, -0.25) is 9.69 Å². The van der Waals surface area contributed by atoms with Crippen molar-refractivity contribution in [2.24, 2.45) is 0 Å². The van der Waals surface area contributed by atoms with Crippen LogP contribution in [-0.4, -0.2) is 78.9 Å². The van der Waals surface area contributed by atoms with E-state index in [2.05, 4.69) is 4.90 Å². The number of amides is 1. The van der Waals surface area contributed by atoms with Crippen LogP contribution in [0.25, 0.3) is 0 Å². The Bertz CT molecular complexity index is 601. The standard InChI is InChI=1S/C18H29N3O4S/c1-24-11-14-4-3-7-21(14)10-16-19-15(13-26-16)18(23)5-8-20(9-6-18)17(22)12-25-2/h13-14,23H,3-12H2,1-2H3. The lowest BCUT2D eigenvalue weighted by Crippen LogP contribution is -2.46. The lowest BCUT2D eigenvalue weighted by molar-refractivity contribution is -0.139. The zero-order chi connectivity index (χ0) is 18.6. The summed E-state index contributed by atoms with van der Waals surface area (Å²) < 4.78 is 10.2. The largest absolute Gasteiger partial charge is 0.383 e. The Morgan fingerprint density at radius 2 is 2.12 bits per heavy atom. The third-order valence-corrected chi connectivity index (χ3v) is 6.27. The Morgan fingerprint density at radius 3 is 2.81 bits per heavy atom. The fourth-order valence-electron chi connectivity index (χ4n) is 3.85. The van der Waals surface area contributed by atoms with Crippen molar-refractivity contribution >= 4 is 17.2 Å². The van der Waals surface area contributed by atoms with Crippen molar-refractivity contribution in [2.75, 3.05) is 47.1 Å². The first-order valence-corrected chi connectivity index (χ1v) is 10.1. The van der Waals surface area contributed by atoms with Crippen LogP contribution in [-0.2, 0) is 26.4 Å². The number of nitrogens with zero attached hydrogens (tertiary/aromatic N) is 3. The van der Waals surface area contributed by atoms with Gasteiger partial charge >= 0.3 is 0 Å². The van der Waals surface area contributed by atoms with Crippen molar-refractivity contribution in [2.45, 2.75) is 43.9 Å². The first kappa shape index (κ1) is 19.7. The molecule has 0 saturated carbocycles. The molecule has 7 nitrogen and oxygen atoms in total. The zero-order valence-corrected chi connectivity index (χ0v) is 16.5. The summed E-state index contributed by atoms with van der Waals surface area (Å²) in [5, 5.41) is 14.0. The van der Waals surface area contributed by atoms with Crippen LogP contribution in [0, 0.1) is 0 Å². The molecule has 3 heterocycles. The number of thiazole rings is 1.